The van der Waals surface area contributed by atoms with Gasteiger partial charge in [-0.25, -0.2) is 9.59 Å². The summed E-state index contributed by atoms with van der Waals surface area (Å²) in [6.07, 6.45) is -3.30. The predicted octanol–water partition coefficient (Wildman–Crippen LogP) is -0.223. The normalized spacial score (nSPS) is 6.33. The second-order valence-corrected chi connectivity index (χ2v) is 0.666. The van der Waals surface area contributed by atoms with Crippen LogP contribution in [0.1, 0.15) is 0 Å². The van der Waals surface area contributed by atoms with Crippen molar-refractivity contribution >= 4 is 12.3 Å². The van der Waals surface area contributed by atoms with Gasteiger partial charge in [-0.1, -0.05) is 0 Å². The molecule has 0 aromatic carbocycles. The summed E-state index contributed by atoms with van der Waals surface area (Å²) in [6.45, 7) is 0. The Morgan fingerprint density at radius 1 is 1.22 bits per heavy atom. The van der Waals surface area contributed by atoms with E-state index < -0.39 is 12.3 Å². The van der Waals surface area contributed by atoms with Crippen molar-refractivity contribution in [2.45, 2.75) is 0 Å². The van der Waals surface area contributed by atoms with E-state index in [1.807, 2.05) is 0 Å². The lowest BCUT2D eigenvalue weighted by molar-refractivity contribution is 0.0921. The maximum Gasteiger partial charge on any atom is 0.524 e. The third-order valence-electron chi connectivity index (χ3n) is 0.101. The number of rotatable bonds is 0. The summed E-state index contributed by atoms with van der Waals surface area (Å²) in [7, 11) is 0. The largest absolute Gasteiger partial charge is 0.524 e. The maximum atomic E-state index is 9.02. The van der Waals surface area contributed by atoms with Crippen LogP contribution in [-0.2, 0) is 4.84 Å². The van der Waals surface area contributed by atoms with E-state index in [-0.39, 0.29) is 0 Å². The van der Waals surface area contributed by atoms with E-state index in [1.165, 1.54) is 0 Å². The Kier molecular flexibility index (Phi) is 7.57. The van der Waals surface area contributed by atoms with Crippen LogP contribution in [0.2, 0.25) is 0 Å². The van der Waals surface area contributed by atoms with E-state index in [2.05, 4.69) is 10.7 Å². The fourth-order valence-electron chi connectivity index (χ4n) is 0. The fourth-order valence-corrected chi connectivity index (χ4v) is 0. The van der Waals surface area contributed by atoms with Crippen LogP contribution in [0.25, 0.3) is 0 Å². The van der Waals surface area contributed by atoms with Crippen LogP contribution < -0.4 is 5.90 Å². The molecular formula is C2H5NO6. The summed E-state index contributed by atoms with van der Waals surface area (Å²) < 4.78 is 0. The Bertz CT molecular complexity index is 95.2. The van der Waals surface area contributed by atoms with Gasteiger partial charge in [0.25, 0.3) is 0 Å². The molecule has 0 aliphatic rings. The summed E-state index contributed by atoms with van der Waals surface area (Å²) >= 11 is 0. The molecule has 7 heteroatoms. The molecule has 0 heterocycles. The van der Waals surface area contributed by atoms with Crippen molar-refractivity contribution in [3.05, 3.63) is 0 Å². The second kappa shape index (κ2) is 6.50. The standard InChI is InChI=1S/CH3NO3.CH2O3/c2-5-1(3)4;2-1(3)4/h2H2,(H,3,4);(H2,2,3,4). The molecule has 0 aromatic heterocycles. The van der Waals surface area contributed by atoms with E-state index in [0.29, 0.717) is 0 Å². The molecule has 0 fully saturated rings. The van der Waals surface area contributed by atoms with Gasteiger partial charge in [0.2, 0.25) is 0 Å². The molecule has 0 bridgehead atoms. The monoisotopic (exact) mass is 139 g/mol. The van der Waals surface area contributed by atoms with Gasteiger partial charge in [-0.15, -0.1) is 0 Å². The molecule has 0 spiro atoms. The number of carboxylic acid groups (broad SMARTS) is 3. The molecule has 9 heavy (non-hydrogen) atoms. The highest BCUT2D eigenvalue weighted by Gasteiger charge is 1.82. The second-order valence-electron chi connectivity index (χ2n) is 0.666. The van der Waals surface area contributed by atoms with E-state index >= 15 is 0 Å². The highest BCUT2D eigenvalue weighted by Crippen LogP contribution is 1.55. The van der Waals surface area contributed by atoms with Crippen molar-refractivity contribution in [1.82, 2.24) is 0 Å². The van der Waals surface area contributed by atoms with Gasteiger partial charge in [-0.2, -0.15) is 5.90 Å². The minimum absolute atomic E-state index is 1.47. The van der Waals surface area contributed by atoms with Crippen LogP contribution in [0.4, 0.5) is 9.59 Å². The van der Waals surface area contributed by atoms with Crippen molar-refractivity contribution in [3.8, 4) is 0 Å². The van der Waals surface area contributed by atoms with Gasteiger partial charge in [-0.05, 0) is 0 Å². The average Bonchev–Trinajstić information content (AvgIpc) is 1.65. The third kappa shape index (κ3) is 526. The van der Waals surface area contributed by atoms with E-state index in [4.69, 9.17) is 24.9 Å². The SMILES string of the molecule is NOC(=O)O.O=C(O)O. The van der Waals surface area contributed by atoms with Gasteiger partial charge in [0, 0.05) is 0 Å². The fraction of sp³-hybridized carbons (Fsp3) is 0. The van der Waals surface area contributed by atoms with Crippen LogP contribution in [-0.4, -0.2) is 27.6 Å². The zero-order valence-corrected chi connectivity index (χ0v) is 4.14. The summed E-state index contributed by atoms with van der Waals surface area (Å²) in [5, 5.41) is 21.3. The van der Waals surface area contributed by atoms with Gasteiger partial charge >= 0.3 is 12.3 Å². The van der Waals surface area contributed by atoms with Gasteiger partial charge in [0.1, 0.15) is 0 Å². The summed E-state index contributed by atoms with van der Waals surface area (Å²) in [6, 6.07) is 0. The van der Waals surface area contributed by atoms with Crippen molar-refractivity contribution in [1.29, 1.82) is 0 Å². The van der Waals surface area contributed by atoms with Crippen LogP contribution in [0.3, 0.4) is 0 Å². The molecule has 54 valence electrons. The molecule has 0 aliphatic carbocycles. The number of carbonyl (C=O) groups is 2. The highest BCUT2D eigenvalue weighted by molar-refractivity contribution is 5.56. The molecule has 0 unspecified atom stereocenters. The third-order valence-corrected chi connectivity index (χ3v) is 0.101. The first-order chi connectivity index (χ1) is 4.00. The molecule has 0 radical (unpaired) electrons. The molecule has 7 nitrogen and oxygen atoms in total. The van der Waals surface area contributed by atoms with Crippen molar-refractivity contribution in [2.75, 3.05) is 0 Å². The zero-order chi connectivity index (χ0) is 7.86. The first kappa shape index (κ1) is 10.5. The Labute approximate surface area is 49.2 Å². The van der Waals surface area contributed by atoms with Crippen molar-refractivity contribution in [2.24, 2.45) is 5.90 Å². The van der Waals surface area contributed by atoms with E-state index in [0.717, 1.165) is 0 Å². The quantitative estimate of drug-likeness (QED) is 0.341. The van der Waals surface area contributed by atoms with Crippen molar-refractivity contribution < 1.29 is 29.7 Å². The summed E-state index contributed by atoms with van der Waals surface area (Å²) in [5.41, 5.74) is 0. The molecular weight excluding hydrogens is 134 g/mol. The summed E-state index contributed by atoms with van der Waals surface area (Å²) in [5.74, 6) is 4.07. The van der Waals surface area contributed by atoms with Crippen LogP contribution in [0.5, 0.6) is 0 Å². The Morgan fingerprint density at radius 2 is 1.33 bits per heavy atom. The van der Waals surface area contributed by atoms with Gasteiger partial charge in [-0.3, -0.25) is 0 Å². The number of hydrogen-bond acceptors (Lipinski definition) is 4. The van der Waals surface area contributed by atoms with E-state index in [9.17, 15) is 0 Å². The van der Waals surface area contributed by atoms with Crippen molar-refractivity contribution in [3.63, 3.8) is 0 Å². The lowest BCUT2D eigenvalue weighted by atomic mass is 11.4. The minimum Gasteiger partial charge on any atom is -0.450 e. The molecule has 5 N–H and O–H groups in total. The minimum atomic E-state index is -1.83. The van der Waals surface area contributed by atoms with Crippen LogP contribution >= 0.6 is 0 Å². The molecule has 0 aromatic rings. The molecule has 0 saturated heterocycles. The highest BCUT2D eigenvalue weighted by atomic mass is 16.7. The van der Waals surface area contributed by atoms with Crippen LogP contribution in [0.15, 0.2) is 0 Å². The predicted molar refractivity (Wildman–Crippen MR) is 24.0 cm³/mol. The topological polar surface area (TPSA) is 130 Å². The maximum absolute atomic E-state index is 9.02. The Morgan fingerprint density at radius 3 is 1.33 bits per heavy atom. The Balaban J connectivity index is 0. The first-order valence-corrected chi connectivity index (χ1v) is 1.52. The number of nitrogens with two attached hydrogens (primary N) is 1. The molecule has 0 saturated carbocycles. The van der Waals surface area contributed by atoms with Gasteiger partial charge in [0.15, 0.2) is 0 Å². The molecule has 0 rings (SSSR count). The van der Waals surface area contributed by atoms with E-state index in [1.54, 1.807) is 0 Å². The number of hydrogen-bond donors (Lipinski definition) is 4. The first-order valence-electron chi connectivity index (χ1n) is 1.52. The zero-order valence-electron chi connectivity index (χ0n) is 4.14. The average molecular weight is 139 g/mol. The van der Waals surface area contributed by atoms with Gasteiger partial charge < -0.3 is 20.2 Å². The molecule has 0 atom stereocenters. The van der Waals surface area contributed by atoms with Gasteiger partial charge in [0.05, 0.1) is 0 Å². The summed E-state index contributed by atoms with van der Waals surface area (Å²) in [4.78, 5) is 20.7. The smallest absolute Gasteiger partial charge is 0.450 e. The molecule has 0 amide bonds. The molecule has 0 aliphatic heterocycles. The lowest BCUT2D eigenvalue weighted by Gasteiger charge is -1.77. The lowest BCUT2D eigenvalue weighted by Crippen LogP contribution is -2.04. The Hall–Kier alpha value is -1.50. The van der Waals surface area contributed by atoms with Crippen LogP contribution in [0, 0.1) is 0 Å².